The van der Waals surface area contributed by atoms with E-state index in [1.807, 2.05) is 0 Å². The van der Waals surface area contributed by atoms with Crippen molar-refractivity contribution in [2.24, 2.45) is 23.7 Å². The van der Waals surface area contributed by atoms with Crippen LogP contribution in [0.25, 0.3) is 0 Å². The van der Waals surface area contributed by atoms with Crippen LogP contribution >= 0.6 is 47.0 Å². The van der Waals surface area contributed by atoms with Crippen LogP contribution in [0.1, 0.15) is 505 Å². The number of ether oxygens (including phenoxy) is 8. The molecule has 0 aromatic carbocycles. The normalized spacial score (nSPS) is 15.0. The molecule has 1 rings (SSSR count). The highest BCUT2D eigenvalue weighted by Gasteiger charge is 2.26. The summed E-state index contributed by atoms with van der Waals surface area (Å²) in [4.78, 5) is 113. The van der Waals surface area contributed by atoms with Crippen molar-refractivity contribution in [2.75, 3.05) is 177 Å². The standard InChI is InChI=1S/C122H232N4O20S4/c1-9-17-25-33-37-49-67-107(63-45-29-21-13-5)99-139-119(135)75-91-147-87-57-41-53-71-115(131)143-103-111(127)95-123-79-61-80-125(97-113(129)105-145-117(133)73-55-43-59-89-149-93-77-121(137)141-101-109(65-47-31-23-15-7)69-51-39-35-27-19-11-3)85-86-126(98-114(130)106-146-118(134)74-56-44-60-90-150-94-78-122(138)142-102-110(66-48-32-24-16-8)70-52-40-36-28-20-12-4)82-62-81-124(84-83-123)96-112(128)104-144-116(132)72-54-42-58-88-148-92-76-120(136)140-100-108(64-46-30-22-14-6)68-50-38-34-26-18-10-2/h107-114,127-130H,9-106H2,1-8H3. The number of thioether (sulfide) groups is 4. The van der Waals surface area contributed by atoms with Gasteiger partial charge in [0.15, 0.2) is 0 Å². The third kappa shape index (κ3) is 98.0. The van der Waals surface area contributed by atoms with E-state index in [9.17, 15) is 58.8 Å². The second-order valence-electron chi connectivity index (χ2n) is 43.8. The minimum Gasteiger partial charge on any atom is -0.465 e. The smallest absolute Gasteiger partial charge is 0.306 e. The number of β-amino-alcohol motifs (C(OH)–C–C–N with tert-alkyl or cyclic N) is 4. The van der Waals surface area contributed by atoms with Crippen LogP contribution in [-0.4, -0.2) is 290 Å². The average Bonchev–Trinajstić information content (AvgIpc) is 0.899. The summed E-state index contributed by atoms with van der Waals surface area (Å²) in [6, 6.07) is 0. The number of carbonyl (C=O) groups is 8. The highest BCUT2D eigenvalue weighted by Crippen LogP contribution is 2.28. The monoisotopic (exact) mass is 2200 g/mol. The molecule has 1 heterocycles. The summed E-state index contributed by atoms with van der Waals surface area (Å²) in [5, 5.41) is 46.8. The molecule has 0 aromatic heterocycles. The summed E-state index contributed by atoms with van der Waals surface area (Å²) in [6.45, 7) is 23.7. The Hall–Kier alpha value is -3.16. The molecule has 0 amide bonds. The summed E-state index contributed by atoms with van der Waals surface area (Å²) in [5.74, 6) is 5.97. The maximum absolute atomic E-state index is 13.3. The van der Waals surface area contributed by atoms with Gasteiger partial charge in [0.1, 0.15) is 50.8 Å². The molecule has 28 heteroatoms. The molecule has 884 valence electrons. The van der Waals surface area contributed by atoms with Gasteiger partial charge in [-0.05, 0) is 188 Å². The fraction of sp³-hybridized carbons (Fsp3) is 0.934. The lowest BCUT2D eigenvalue weighted by Gasteiger charge is -2.34. The number of aliphatic hydroxyl groups excluding tert-OH is 4. The largest absolute Gasteiger partial charge is 0.465 e. The first-order valence-corrected chi connectivity index (χ1v) is 67.0. The van der Waals surface area contributed by atoms with Crippen molar-refractivity contribution in [1.29, 1.82) is 0 Å². The Balaban J connectivity index is 3.27. The number of rotatable bonds is 108. The number of unbranched alkanes of at least 4 members (excludes halogenated alkanes) is 40. The van der Waals surface area contributed by atoms with Crippen molar-refractivity contribution >= 4 is 94.8 Å². The first-order chi connectivity index (χ1) is 73.2. The first kappa shape index (κ1) is 145. The van der Waals surface area contributed by atoms with Gasteiger partial charge in [0.25, 0.3) is 0 Å². The molecule has 1 fully saturated rings. The molecule has 0 aromatic rings. The molecule has 0 radical (unpaired) electrons. The van der Waals surface area contributed by atoms with Crippen LogP contribution in [0.15, 0.2) is 0 Å². The molecular formula is C122H232N4O20S4. The molecule has 4 N–H and O–H groups in total. The summed E-state index contributed by atoms with van der Waals surface area (Å²) in [7, 11) is 0. The second kappa shape index (κ2) is 110. The van der Waals surface area contributed by atoms with Gasteiger partial charge in [-0.25, -0.2) is 0 Å². The zero-order valence-corrected chi connectivity index (χ0v) is 101. The van der Waals surface area contributed by atoms with Crippen molar-refractivity contribution < 1.29 is 96.7 Å². The van der Waals surface area contributed by atoms with E-state index < -0.39 is 24.4 Å². The van der Waals surface area contributed by atoms with Crippen LogP contribution in [0, 0.1) is 23.7 Å². The molecular weight excluding hydrogens is 1970 g/mol. The third-order valence-corrected chi connectivity index (χ3v) is 33.4. The van der Waals surface area contributed by atoms with Crippen LogP contribution in [0.3, 0.4) is 0 Å². The Morgan fingerprint density at radius 2 is 0.340 bits per heavy atom. The van der Waals surface area contributed by atoms with E-state index in [0.29, 0.717) is 190 Å². The lowest BCUT2D eigenvalue weighted by atomic mass is 9.95. The second-order valence-corrected chi connectivity index (χ2v) is 48.7. The van der Waals surface area contributed by atoms with Gasteiger partial charge in [-0.3, -0.25) is 58.0 Å². The van der Waals surface area contributed by atoms with Gasteiger partial charge in [0.05, 0.1) is 52.1 Å². The molecule has 0 spiro atoms. The van der Waals surface area contributed by atoms with Crippen molar-refractivity contribution in [3.8, 4) is 0 Å². The van der Waals surface area contributed by atoms with Crippen molar-refractivity contribution in [2.45, 2.75) is 529 Å². The lowest BCUT2D eigenvalue weighted by molar-refractivity contribution is -0.148. The van der Waals surface area contributed by atoms with Crippen molar-refractivity contribution in [3.63, 3.8) is 0 Å². The van der Waals surface area contributed by atoms with Gasteiger partial charge in [0, 0.05) is 101 Å². The highest BCUT2D eigenvalue weighted by molar-refractivity contribution is 7.99. The molecule has 1 saturated heterocycles. The molecule has 24 nitrogen and oxygen atoms in total. The first-order valence-electron chi connectivity index (χ1n) is 62.4. The molecule has 1 aliphatic heterocycles. The molecule has 0 bridgehead atoms. The molecule has 1 aliphatic rings. The lowest BCUT2D eigenvalue weighted by Crippen LogP contribution is -2.47. The predicted molar refractivity (Wildman–Crippen MR) is 629 cm³/mol. The van der Waals surface area contributed by atoms with E-state index in [1.54, 1.807) is 47.0 Å². The Labute approximate surface area is 935 Å². The van der Waals surface area contributed by atoms with Gasteiger partial charge < -0.3 is 58.3 Å². The molecule has 0 aliphatic carbocycles. The van der Waals surface area contributed by atoms with Crippen molar-refractivity contribution in [3.05, 3.63) is 0 Å². The van der Waals surface area contributed by atoms with E-state index >= 15 is 0 Å². The predicted octanol–water partition coefficient (Wildman–Crippen LogP) is 27.9. The van der Waals surface area contributed by atoms with Crippen LogP contribution in [0.5, 0.6) is 0 Å². The summed E-state index contributed by atoms with van der Waals surface area (Å²) >= 11 is 6.94. The SMILES string of the molecule is CCCCCCCCC(CCCCCC)COC(=O)CCSCCCCCC(=O)OCC(O)CN1CCCN(CC(O)COC(=O)CCCCCSCCC(=O)OCC(CCCCCC)CCCCCCCC)CCN(CC(O)COC(=O)CCCCCSCCC(=O)OCC(CCCCCC)CCCCCCCC)CCCN(CC(O)COC(=O)CCCCCSCCC(=O)OCC(CCCCCC)CCCCCCCC)CC1. The Morgan fingerprint density at radius 3 is 0.527 bits per heavy atom. The van der Waals surface area contributed by atoms with E-state index in [0.717, 1.165) is 126 Å². The number of hydrogen-bond acceptors (Lipinski definition) is 28. The molecule has 0 saturated carbocycles. The van der Waals surface area contributed by atoms with Crippen LogP contribution < -0.4 is 0 Å². The number of hydrogen-bond donors (Lipinski definition) is 4. The topological polar surface area (TPSA) is 304 Å². The van der Waals surface area contributed by atoms with Gasteiger partial charge >= 0.3 is 47.8 Å². The van der Waals surface area contributed by atoms with Crippen LogP contribution in [0.4, 0.5) is 0 Å². The number of nitrogens with zero attached hydrogens (tertiary/aromatic N) is 4. The Kier molecular flexibility index (Phi) is 106. The summed E-state index contributed by atoms with van der Waals surface area (Å²) in [6.07, 6.45) is 67.6. The molecule has 8 unspecified atom stereocenters. The summed E-state index contributed by atoms with van der Waals surface area (Å²) < 4.78 is 46.3. The molecule has 8 atom stereocenters. The summed E-state index contributed by atoms with van der Waals surface area (Å²) in [5.41, 5.74) is 0. The average molecular weight is 2200 g/mol. The Bertz CT molecular complexity index is 2670. The van der Waals surface area contributed by atoms with E-state index in [2.05, 4.69) is 75.0 Å². The van der Waals surface area contributed by atoms with Gasteiger partial charge in [-0.2, -0.15) is 47.0 Å². The molecule has 150 heavy (non-hydrogen) atoms. The number of esters is 8. The quantitative estimate of drug-likeness (QED) is 0.0250. The maximum atomic E-state index is 13.3. The van der Waals surface area contributed by atoms with Gasteiger partial charge in [-0.1, -0.05) is 338 Å². The maximum Gasteiger partial charge on any atom is 0.306 e. The third-order valence-electron chi connectivity index (χ3n) is 29.1. The van der Waals surface area contributed by atoms with Crippen LogP contribution in [-0.2, 0) is 76.3 Å². The number of carbonyl (C=O) groups excluding carboxylic acids is 8. The van der Waals surface area contributed by atoms with E-state index in [1.165, 1.54) is 257 Å². The van der Waals surface area contributed by atoms with Crippen LogP contribution in [0.2, 0.25) is 0 Å². The zero-order chi connectivity index (χ0) is 109. The fourth-order valence-electron chi connectivity index (χ4n) is 19.5. The fourth-order valence-corrected chi connectivity index (χ4v) is 23.2. The van der Waals surface area contributed by atoms with E-state index in [4.69, 9.17) is 37.9 Å². The minimum atomic E-state index is -1.02. The number of aliphatic hydroxyl groups is 4. The zero-order valence-electron chi connectivity index (χ0n) is 97.7. The minimum absolute atomic E-state index is 0.123. The Morgan fingerprint density at radius 1 is 0.187 bits per heavy atom. The van der Waals surface area contributed by atoms with Crippen molar-refractivity contribution in [1.82, 2.24) is 19.6 Å². The van der Waals surface area contributed by atoms with E-state index in [-0.39, 0.29) is 126 Å². The highest BCUT2D eigenvalue weighted by atomic mass is 32.2. The van der Waals surface area contributed by atoms with Gasteiger partial charge in [-0.15, -0.1) is 0 Å². The van der Waals surface area contributed by atoms with Gasteiger partial charge in [0.2, 0.25) is 0 Å².